The van der Waals surface area contributed by atoms with E-state index in [1.807, 2.05) is 0 Å². The molecule has 1 N–H and O–H groups in total. The summed E-state index contributed by atoms with van der Waals surface area (Å²) in [5.74, 6) is 0.943. The zero-order valence-corrected chi connectivity index (χ0v) is 12.1. The predicted molar refractivity (Wildman–Crippen MR) is 75.8 cm³/mol. The van der Waals surface area contributed by atoms with Crippen molar-refractivity contribution in [3.05, 3.63) is 0 Å². The Kier molecular flexibility index (Phi) is 3.92. The number of fused-ring (bicyclic) bond motifs is 2. The summed E-state index contributed by atoms with van der Waals surface area (Å²) in [7, 11) is 4.58. The van der Waals surface area contributed by atoms with Gasteiger partial charge in [-0.05, 0) is 78.2 Å². The molecule has 3 fully saturated rings. The third-order valence-corrected chi connectivity index (χ3v) is 5.61. The summed E-state index contributed by atoms with van der Waals surface area (Å²) in [5, 5.41) is 3.85. The van der Waals surface area contributed by atoms with E-state index in [9.17, 15) is 0 Å². The van der Waals surface area contributed by atoms with Crippen molar-refractivity contribution in [3.8, 4) is 0 Å². The Balaban J connectivity index is 1.42. The van der Waals surface area contributed by atoms with Crippen LogP contribution in [0.3, 0.4) is 0 Å². The highest BCUT2D eigenvalue weighted by Gasteiger charge is 2.38. The average molecular weight is 251 g/mol. The molecule has 3 aliphatic rings. The molecule has 104 valence electrons. The Hall–Kier alpha value is -0.120. The standard InChI is InChI=1S/C15H29N3/c1-17-7-5-13(6-8-17)16-11-12-9-14-3-4-15(10-12)18(14)2/h12-16H,3-11H2,1-2H3/t12?,14-,15+. The quantitative estimate of drug-likeness (QED) is 0.821. The average Bonchev–Trinajstić information content (AvgIpc) is 2.62. The first-order chi connectivity index (χ1) is 8.72. The second-order valence-corrected chi connectivity index (χ2v) is 6.87. The number of hydrogen-bond donors (Lipinski definition) is 1. The molecule has 0 aromatic rings. The lowest BCUT2D eigenvalue weighted by Gasteiger charge is -2.37. The van der Waals surface area contributed by atoms with E-state index in [0.717, 1.165) is 24.0 Å². The van der Waals surface area contributed by atoms with E-state index in [4.69, 9.17) is 0 Å². The fraction of sp³-hybridized carbons (Fsp3) is 1.00. The summed E-state index contributed by atoms with van der Waals surface area (Å²) < 4.78 is 0. The molecule has 0 radical (unpaired) electrons. The van der Waals surface area contributed by atoms with Crippen LogP contribution in [0, 0.1) is 5.92 Å². The van der Waals surface area contributed by atoms with Crippen molar-refractivity contribution in [2.45, 2.75) is 56.7 Å². The Morgan fingerprint density at radius 3 is 2.17 bits per heavy atom. The van der Waals surface area contributed by atoms with Crippen LogP contribution >= 0.6 is 0 Å². The minimum atomic E-state index is 0.790. The molecule has 2 bridgehead atoms. The SMILES string of the molecule is CN1CCC(NCC2C[C@H]3CC[C@@H](C2)N3C)CC1. The lowest BCUT2D eigenvalue weighted by molar-refractivity contribution is 0.128. The van der Waals surface area contributed by atoms with E-state index in [0.29, 0.717) is 0 Å². The molecule has 0 aromatic heterocycles. The van der Waals surface area contributed by atoms with Gasteiger partial charge in [-0.2, -0.15) is 0 Å². The van der Waals surface area contributed by atoms with E-state index in [1.165, 1.54) is 58.2 Å². The minimum Gasteiger partial charge on any atom is -0.314 e. The maximum absolute atomic E-state index is 3.85. The van der Waals surface area contributed by atoms with Gasteiger partial charge in [-0.3, -0.25) is 0 Å². The number of hydrogen-bond acceptors (Lipinski definition) is 3. The van der Waals surface area contributed by atoms with Gasteiger partial charge in [0.2, 0.25) is 0 Å². The minimum absolute atomic E-state index is 0.790. The molecule has 1 unspecified atom stereocenters. The molecule has 3 rings (SSSR count). The second-order valence-electron chi connectivity index (χ2n) is 6.87. The van der Waals surface area contributed by atoms with Gasteiger partial charge in [0.1, 0.15) is 0 Å². The van der Waals surface area contributed by atoms with E-state index < -0.39 is 0 Å². The van der Waals surface area contributed by atoms with Crippen LogP contribution < -0.4 is 5.32 Å². The second kappa shape index (κ2) is 5.48. The summed E-state index contributed by atoms with van der Waals surface area (Å²) in [6.45, 7) is 3.82. The lowest BCUT2D eigenvalue weighted by Crippen LogP contribution is -2.46. The van der Waals surface area contributed by atoms with Crippen molar-refractivity contribution in [1.82, 2.24) is 15.1 Å². The summed E-state index contributed by atoms with van der Waals surface area (Å²) in [6.07, 6.45) is 8.46. The largest absolute Gasteiger partial charge is 0.314 e. The number of nitrogens with one attached hydrogen (secondary N) is 1. The van der Waals surface area contributed by atoms with Crippen LogP contribution in [0.15, 0.2) is 0 Å². The van der Waals surface area contributed by atoms with E-state index >= 15 is 0 Å². The number of piperidine rings is 2. The fourth-order valence-electron chi connectivity index (χ4n) is 4.24. The van der Waals surface area contributed by atoms with Crippen LogP contribution in [0.25, 0.3) is 0 Å². The summed E-state index contributed by atoms with van der Waals surface area (Å²) >= 11 is 0. The highest BCUT2D eigenvalue weighted by atomic mass is 15.2. The first-order valence-electron chi connectivity index (χ1n) is 7.86. The Morgan fingerprint density at radius 1 is 0.944 bits per heavy atom. The van der Waals surface area contributed by atoms with Crippen LogP contribution in [0.2, 0.25) is 0 Å². The van der Waals surface area contributed by atoms with Gasteiger partial charge in [0.25, 0.3) is 0 Å². The van der Waals surface area contributed by atoms with Crippen molar-refractivity contribution in [2.24, 2.45) is 5.92 Å². The summed E-state index contributed by atoms with van der Waals surface area (Å²) in [5.41, 5.74) is 0. The maximum Gasteiger partial charge on any atom is 0.00988 e. The van der Waals surface area contributed by atoms with Gasteiger partial charge in [-0.15, -0.1) is 0 Å². The van der Waals surface area contributed by atoms with Gasteiger partial charge in [0, 0.05) is 18.1 Å². The van der Waals surface area contributed by atoms with Crippen molar-refractivity contribution >= 4 is 0 Å². The highest BCUT2D eigenvalue weighted by Crippen LogP contribution is 2.37. The van der Waals surface area contributed by atoms with E-state index in [-0.39, 0.29) is 0 Å². The summed E-state index contributed by atoms with van der Waals surface area (Å²) in [6, 6.07) is 2.58. The fourth-order valence-corrected chi connectivity index (χ4v) is 4.24. The monoisotopic (exact) mass is 251 g/mol. The molecule has 3 heterocycles. The molecule has 3 saturated heterocycles. The van der Waals surface area contributed by atoms with Crippen LogP contribution in [-0.4, -0.2) is 61.7 Å². The topological polar surface area (TPSA) is 18.5 Å². The molecule has 3 aliphatic heterocycles. The van der Waals surface area contributed by atoms with Crippen molar-refractivity contribution < 1.29 is 0 Å². The van der Waals surface area contributed by atoms with Gasteiger partial charge >= 0.3 is 0 Å². The molecule has 3 heteroatoms. The first-order valence-corrected chi connectivity index (χ1v) is 7.86. The molecule has 0 aliphatic carbocycles. The third-order valence-electron chi connectivity index (χ3n) is 5.61. The maximum atomic E-state index is 3.85. The Morgan fingerprint density at radius 2 is 1.56 bits per heavy atom. The smallest absolute Gasteiger partial charge is 0.00988 e. The van der Waals surface area contributed by atoms with Gasteiger partial charge in [-0.25, -0.2) is 0 Å². The Labute approximate surface area is 112 Å². The molecule has 0 amide bonds. The molecule has 3 nitrogen and oxygen atoms in total. The van der Waals surface area contributed by atoms with E-state index in [1.54, 1.807) is 0 Å². The first kappa shape index (κ1) is 12.9. The van der Waals surface area contributed by atoms with E-state index in [2.05, 4.69) is 29.2 Å². The number of nitrogens with zero attached hydrogens (tertiary/aromatic N) is 2. The van der Waals surface area contributed by atoms with Gasteiger partial charge in [0.15, 0.2) is 0 Å². The molecular weight excluding hydrogens is 222 g/mol. The molecule has 3 atom stereocenters. The van der Waals surface area contributed by atoms with Crippen molar-refractivity contribution in [3.63, 3.8) is 0 Å². The molecule has 0 saturated carbocycles. The number of rotatable bonds is 3. The number of likely N-dealkylation sites (tertiary alicyclic amines) is 1. The normalized spacial score (nSPS) is 39.3. The highest BCUT2D eigenvalue weighted by molar-refractivity contribution is 4.94. The molecular formula is C15H29N3. The van der Waals surface area contributed by atoms with Crippen LogP contribution in [0.4, 0.5) is 0 Å². The van der Waals surface area contributed by atoms with Crippen molar-refractivity contribution in [2.75, 3.05) is 33.7 Å². The van der Waals surface area contributed by atoms with Crippen LogP contribution in [0.5, 0.6) is 0 Å². The zero-order valence-electron chi connectivity index (χ0n) is 12.1. The summed E-state index contributed by atoms with van der Waals surface area (Å²) in [4.78, 5) is 5.10. The molecule has 18 heavy (non-hydrogen) atoms. The van der Waals surface area contributed by atoms with Crippen LogP contribution in [-0.2, 0) is 0 Å². The van der Waals surface area contributed by atoms with Crippen molar-refractivity contribution in [1.29, 1.82) is 0 Å². The van der Waals surface area contributed by atoms with Crippen LogP contribution in [0.1, 0.15) is 38.5 Å². The zero-order chi connectivity index (χ0) is 12.5. The molecule has 0 spiro atoms. The van der Waals surface area contributed by atoms with Gasteiger partial charge in [-0.1, -0.05) is 0 Å². The predicted octanol–water partition coefficient (Wildman–Crippen LogP) is 1.54. The van der Waals surface area contributed by atoms with Gasteiger partial charge in [0.05, 0.1) is 0 Å². The molecule has 0 aromatic carbocycles. The Bertz CT molecular complexity index is 259. The van der Waals surface area contributed by atoms with Gasteiger partial charge < -0.3 is 15.1 Å². The third kappa shape index (κ3) is 2.73. The lowest BCUT2D eigenvalue weighted by atomic mass is 9.90.